The van der Waals surface area contributed by atoms with Crippen molar-refractivity contribution in [2.24, 2.45) is 0 Å². The van der Waals surface area contributed by atoms with E-state index in [1.54, 1.807) is 52.0 Å². The van der Waals surface area contributed by atoms with Crippen LogP contribution in [-0.2, 0) is 9.47 Å². The summed E-state index contributed by atoms with van der Waals surface area (Å²) < 4.78 is 26.2. The molecule has 0 saturated heterocycles. The third-order valence-corrected chi connectivity index (χ3v) is 3.49. The average Bonchev–Trinajstić information content (AvgIpc) is 2.62. The van der Waals surface area contributed by atoms with Gasteiger partial charge in [-0.05, 0) is 27.7 Å². The second-order valence-electron chi connectivity index (χ2n) is 5.16. The molecule has 0 fully saturated rings. The normalized spacial score (nSPS) is 10.3. The van der Waals surface area contributed by atoms with Crippen LogP contribution >= 0.6 is 0 Å². The molecule has 0 saturated carbocycles. The molecule has 7 nitrogen and oxygen atoms in total. The van der Waals surface area contributed by atoms with Gasteiger partial charge in [-0.2, -0.15) is 0 Å². The van der Waals surface area contributed by atoms with E-state index < -0.39 is 12.3 Å². The summed E-state index contributed by atoms with van der Waals surface area (Å²) in [6.07, 6.45) is -1.65. The van der Waals surface area contributed by atoms with Crippen LogP contribution in [0.15, 0.2) is 24.3 Å². The fraction of sp³-hybridized carbons (Fsp3) is 0.368. The van der Waals surface area contributed by atoms with Gasteiger partial charge >= 0.3 is 12.3 Å². The highest BCUT2D eigenvalue weighted by atomic mass is 16.7. The lowest BCUT2D eigenvalue weighted by molar-refractivity contribution is 0.101. The molecule has 0 radical (unpaired) electrons. The van der Waals surface area contributed by atoms with Gasteiger partial charge in [0, 0.05) is 16.3 Å². The van der Waals surface area contributed by atoms with Gasteiger partial charge in [-0.15, -0.1) is 0 Å². The van der Waals surface area contributed by atoms with Crippen molar-refractivity contribution in [3.63, 3.8) is 0 Å². The van der Waals surface area contributed by atoms with Gasteiger partial charge in [-0.1, -0.05) is 24.3 Å². The van der Waals surface area contributed by atoms with Gasteiger partial charge in [0.05, 0.1) is 19.8 Å². The number of carbonyl (C=O) groups excluding carboxylic acids is 2. The molecule has 2 aromatic rings. The molecule has 0 N–H and O–H groups in total. The summed E-state index contributed by atoms with van der Waals surface area (Å²) in [6.45, 7) is 7.59. The Balaban J connectivity index is 2.65. The van der Waals surface area contributed by atoms with Crippen LogP contribution in [0.1, 0.15) is 26.3 Å². The van der Waals surface area contributed by atoms with Crippen LogP contribution in [0.5, 0.6) is 17.2 Å². The predicted octanol–water partition coefficient (Wildman–Crippen LogP) is 4.62. The first-order valence-electron chi connectivity index (χ1n) is 8.40. The van der Waals surface area contributed by atoms with Crippen LogP contribution in [0.25, 0.3) is 10.8 Å². The summed E-state index contributed by atoms with van der Waals surface area (Å²) in [7, 11) is 0. The molecule has 7 heteroatoms. The van der Waals surface area contributed by atoms with Gasteiger partial charge in [0.2, 0.25) is 0 Å². The molecule has 0 aliphatic carbocycles. The second kappa shape index (κ2) is 8.94. The minimum atomic E-state index is -0.836. The Morgan fingerprint density at radius 2 is 1.27 bits per heavy atom. The SMILES string of the molecule is CCOC(=O)Oc1c(C)c(OCC)c(OC(=O)OCC)c2ccccc12. The van der Waals surface area contributed by atoms with Crippen molar-refractivity contribution in [1.29, 1.82) is 0 Å². The molecule has 0 heterocycles. The quantitative estimate of drug-likeness (QED) is 0.548. The van der Waals surface area contributed by atoms with Crippen LogP contribution < -0.4 is 14.2 Å². The number of ether oxygens (including phenoxy) is 5. The Morgan fingerprint density at radius 1 is 0.769 bits per heavy atom. The Hall–Kier alpha value is -2.96. The Bertz CT molecular complexity index is 798. The molecule has 2 aromatic carbocycles. The van der Waals surface area contributed by atoms with Crippen molar-refractivity contribution in [2.45, 2.75) is 27.7 Å². The first-order chi connectivity index (χ1) is 12.5. The van der Waals surface area contributed by atoms with E-state index in [4.69, 9.17) is 23.7 Å². The number of benzene rings is 2. The van der Waals surface area contributed by atoms with Crippen LogP contribution in [-0.4, -0.2) is 32.1 Å². The van der Waals surface area contributed by atoms with E-state index in [-0.39, 0.29) is 19.0 Å². The number of carbonyl (C=O) groups is 2. The van der Waals surface area contributed by atoms with Crippen LogP contribution in [0.2, 0.25) is 0 Å². The summed E-state index contributed by atoms with van der Waals surface area (Å²) in [5.41, 5.74) is 0.512. The molecule has 0 unspecified atom stereocenters. The van der Waals surface area contributed by atoms with Crippen molar-refractivity contribution in [3.8, 4) is 17.2 Å². The van der Waals surface area contributed by atoms with E-state index in [1.807, 2.05) is 0 Å². The molecule has 0 aliphatic rings. The average molecular weight is 362 g/mol. The molecule has 26 heavy (non-hydrogen) atoms. The molecule has 0 spiro atoms. The van der Waals surface area contributed by atoms with E-state index >= 15 is 0 Å². The lowest BCUT2D eigenvalue weighted by Gasteiger charge is -2.19. The van der Waals surface area contributed by atoms with Gasteiger partial charge in [0.1, 0.15) is 5.75 Å². The van der Waals surface area contributed by atoms with Gasteiger partial charge in [-0.3, -0.25) is 0 Å². The van der Waals surface area contributed by atoms with E-state index in [2.05, 4.69) is 0 Å². The summed E-state index contributed by atoms with van der Waals surface area (Å²) in [6, 6.07) is 7.06. The maximum absolute atomic E-state index is 11.9. The maximum atomic E-state index is 11.9. The highest BCUT2D eigenvalue weighted by molar-refractivity contribution is 5.99. The van der Waals surface area contributed by atoms with Crippen LogP contribution in [0.4, 0.5) is 9.59 Å². The lowest BCUT2D eigenvalue weighted by Crippen LogP contribution is -2.14. The van der Waals surface area contributed by atoms with Crippen molar-refractivity contribution >= 4 is 23.1 Å². The Kier molecular flexibility index (Phi) is 6.66. The van der Waals surface area contributed by atoms with Crippen molar-refractivity contribution in [1.82, 2.24) is 0 Å². The van der Waals surface area contributed by atoms with Gasteiger partial charge in [0.15, 0.2) is 11.5 Å². The van der Waals surface area contributed by atoms with E-state index in [9.17, 15) is 9.59 Å². The smallest absolute Gasteiger partial charge is 0.490 e. The van der Waals surface area contributed by atoms with Crippen molar-refractivity contribution < 1.29 is 33.3 Å². The Labute approximate surface area is 151 Å². The topological polar surface area (TPSA) is 80.3 Å². The van der Waals surface area contributed by atoms with Crippen LogP contribution in [0, 0.1) is 6.92 Å². The predicted molar refractivity (Wildman–Crippen MR) is 95.2 cm³/mol. The summed E-state index contributed by atoms with van der Waals surface area (Å²) in [4.78, 5) is 23.7. The largest absolute Gasteiger partial charge is 0.513 e. The van der Waals surface area contributed by atoms with Crippen molar-refractivity contribution in [2.75, 3.05) is 19.8 Å². The minimum Gasteiger partial charge on any atom is -0.490 e. The van der Waals surface area contributed by atoms with Gasteiger partial charge < -0.3 is 23.7 Å². The molecule has 140 valence electrons. The minimum absolute atomic E-state index is 0.184. The van der Waals surface area contributed by atoms with Gasteiger partial charge in [-0.25, -0.2) is 9.59 Å². The first-order valence-corrected chi connectivity index (χ1v) is 8.40. The number of hydrogen-bond acceptors (Lipinski definition) is 7. The van der Waals surface area contributed by atoms with E-state index in [1.165, 1.54) is 0 Å². The second-order valence-corrected chi connectivity index (χ2v) is 5.16. The maximum Gasteiger partial charge on any atom is 0.513 e. The Morgan fingerprint density at radius 3 is 1.77 bits per heavy atom. The monoisotopic (exact) mass is 362 g/mol. The molecular weight excluding hydrogens is 340 g/mol. The molecule has 0 atom stereocenters. The van der Waals surface area contributed by atoms with Gasteiger partial charge in [0.25, 0.3) is 0 Å². The zero-order chi connectivity index (χ0) is 19.1. The fourth-order valence-corrected chi connectivity index (χ4v) is 2.49. The summed E-state index contributed by atoms with van der Waals surface area (Å²) >= 11 is 0. The standard InChI is InChI=1S/C19H22O7/c1-5-22-16-12(4)15(25-18(20)23-6-2)13-10-8-9-11-14(13)17(16)26-19(21)24-7-3/h8-11H,5-7H2,1-4H3. The molecular formula is C19H22O7. The third kappa shape index (κ3) is 4.17. The highest BCUT2D eigenvalue weighted by Gasteiger charge is 2.24. The number of hydrogen-bond donors (Lipinski definition) is 0. The first kappa shape index (κ1) is 19.4. The van der Waals surface area contributed by atoms with E-state index in [0.29, 0.717) is 34.4 Å². The number of rotatable bonds is 6. The molecule has 2 rings (SSSR count). The fourth-order valence-electron chi connectivity index (χ4n) is 2.49. The third-order valence-electron chi connectivity index (χ3n) is 3.49. The lowest BCUT2D eigenvalue weighted by atomic mass is 10.0. The summed E-state index contributed by atoms with van der Waals surface area (Å²) in [5, 5.41) is 1.13. The number of fused-ring (bicyclic) bond motifs is 1. The van der Waals surface area contributed by atoms with Crippen LogP contribution in [0.3, 0.4) is 0 Å². The molecule has 0 aliphatic heterocycles. The molecule has 0 amide bonds. The van der Waals surface area contributed by atoms with E-state index in [0.717, 1.165) is 0 Å². The van der Waals surface area contributed by atoms with Crippen molar-refractivity contribution in [3.05, 3.63) is 29.8 Å². The molecule has 0 bridgehead atoms. The zero-order valence-corrected chi connectivity index (χ0v) is 15.3. The summed E-state index contributed by atoms with van der Waals surface area (Å²) in [5.74, 6) is 0.812. The molecule has 0 aromatic heterocycles. The highest BCUT2D eigenvalue weighted by Crippen LogP contribution is 2.45. The zero-order valence-electron chi connectivity index (χ0n) is 15.3.